The smallest absolute Gasteiger partial charge is 0.191 e. The number of nitrogens with zero attached hydrogens (tertiary/aromatic N) is 2. The quantitative estimate of drug-likeness (QED) is 0.931. The highest BCUT2D eigenvalue weighted by Crippen LogP contribution is 2.28. The van der Waals surface area contributed by atoms with Gasteiger partial charge in [0.15, 0.2) is 5.96 Å². The van der Waals surface area contributed by atoms with Gasteiger partial charge in [-0.2, -0.15) is 0 Å². The molecule has 3 heteroatoms. The second-order valence-electron chi connectivity index (χ2n) is 5.40. The highest BCUT2D eigenvalue weighted by molar-refractivity contribution is 5.80. The summed E-state index contributed by atoms with van der Waals surface area (Å²) in [4.78, 5) is 6.60. The van der Waals surface area contributed by atoms with Crippen LogP contribution in [0.15, 0.2) is 59.6 Å². The van der Waals surface area contributed by atoms with Gasteiger partial charge in [0.05, 0.1) is 12.6 Å². The minimum atomic E-state index is 0.287. The van der Waals surface area contributed by atoms with Crippen LogP contribution in [0.3, 0.4) is 0 Å². The fourth-order valence-electron chi connectivity index (χ4n) is 2.85. The van der Waals surface area contributed by atoms with Crippen molar-refractivity contribution in [3.05, 3.63) is 60.2 Å². The summed E-state index contributed by atoms with van der Waals surface area (Å²) in [5.74, 6) is 0.675. The van der Waals surface area contributed by atoms with E-state index in [2.05, 4.69) is 65.3 Å². The maximum absolute atomic E-state index is 5.99. The van der Waals surface area contributed by atoms with Crippen LogP contribution < -0.4 is 5.73 Å². The predicted octanol–water partition coefficient (Wildman–Crippen LogP) is 3.44. The molecule has 0 fully saturated rings. The van der Waals surface area contributed by atoms with Crippen molar-refractivity contribution in [3.8, 4) is 11.1 Å². The molecular weight excluding hydrogens is 258 g/mol. The Bertz CT molecular complexity index is 617. The van der Waals surface area contributed by atoms with Gasteiger partial charge in [-0.15, -0.1) is 0 Å². The molecule has 0 saturated carbocycles. The van der Waals surface area contributed by atoms with Gasteiger partial charge in [0, 0.05) is 6.54 Å². The summed E-state index contributed by atoms with van der Waals surface area (Å²) in [7, 11) is 0. The van der Waals surface area contributed by atoms with Crippen LogP contribution in [0.2, 0.25) is 0 Å². The molecule has 1 aliphatic rings. The molecule has 21 heavy (non-hydrogen) atoms. The normalized spacial score (nSPS) is 17.9. The molecule has 2 N–H and O–H groups in total. The number of guanidine groups is 1. The Morgan fingerprint density at radius 2 is 1.71 bits per heavy atom. The molecule has 3 nitrogen and oxygen atoms in total. The number of hydrogen-bond donors (Lipinski definition) is 1. The monoisotopic (exact) mass is 279 g/mol. The van der Waals surface area contributed by atoms with E-state index in [9.17, 15) is 0 Å². The molecular formula is C18H21N3. The van der Waals surface area contributed by atoms with Crippen molar-refractivity contribution in [2.24, 2.45) is 10.7 Å². The van der Waals surface area contributed by atoms with Crippen LogP contribution in [0.25, 0.3) is 11.1 Å². The zero-order valence-corrected chi connectivity index (χ0v) is 12.4. The van der Waals surface area contributed by atoms with Gasteiger partial charge in [-0.3, -0.25) is 4.99 Å². The first-order valence-corrected chi connectivity index (χ1v) is 7.51. The van der Waals surface area contributed by atoms with Gasteiger partial charge in [-0.05, 0) is 23.1 Å². The summed E-state index contributed by atoms with van der Waals surface area (Å²) in [6.45, 7) is 3.89. The van der Waals surface area contributed by atoms with Gasteiger partial charge in [0.2, 0.25) is 0 Å². The number of aliphatic imine (C=N–C) groups is 1. The summed E-state index contributed by atoms with van der Waals surface area (Å²) < 4.78 is 0. The zero-order chi connectivity index (χ0) is 14.7. The largest absolute Gasteiger partial charge is 0.370 e. The van der Waals surface area contributed by atoms with E-state index in [1.807, 2.05) is 6.07 Å². The Kier molecular flexibility index (Phi) is 3.91. The average molecular weight is 279 g/mol. The van der Waals surface area contributed by atoms with Crippen LogP contribution in [-0.2, 0) is 0 Å². The van der Waals surface area contributed by atoms with Crippen LogP contribution in [0.5, 0.6) is 0 Å². The molecule has 0 saturated heterocycles. The molecule has 0 radical (unpaired) electrons. The molecule has 0 amide bonds. The lowest BCUT2D eigenvalue weighted by Crippen LogP contribution is -2.36. The predicted molar refractivity (Wildman–Crippen MR) is 88.1 cm³/mol. The molecule has 1 heterocycles. The lowest BCUT2D eigenvalue weighted by Gasteiger charge is -2.26. The Hall–Kier alpha value is -2.29. The molecule has 0 aliphatic carbocycles. The minimum absolute atomic E-state index is 0.287. The standard InChI is InChI=1S/C18H21N3/c1-2-12-21-17(13-20-18(21)19)16-10-8-15(9-11-16)14-6-4-3-5-7-14/h3-11,17H,2,12-13H2,1H3,(H2,19,20). The molecule has 108 valence electrons. The topological polar surface area (TPSA) is 41.6 Å². The summed E-state index contributed by atoms with van der Waals surface area (Å²) >= 11 is 0. The lowest BCUT2D eigenvalue weighted by molar-refractivity contribution is 0.347. The summed E-state index contributed by atoms with van der Waals surface area (Å²) in [5, 5.41) is 0. The van der Waals surface area contributed by atoms with E-state index in [0.29, 0.717) is 5.96 Å². The first-order chi connectivity index (χ1) is 10.3. The second kappa shape index (κ2) is 6.00. The third kappa shape index (κ3) is 2.77. The van der Waals surface area contributed by atoms with E-state index in [4.69, 9.17) is 5.73 Å². The van der Waals surface area contributed by atoms with Gasteiger partial charge >= 0.3 is 0 Å². The van der Waals surface area contributed by atoms with E-state index in [0.717, 1.165) is 19.5 Å². The molecule has 0 aromatic heterocycles. The first kappa shape index (κ1) is 13.7. The first-order valence-electron chi connectivity index (χ1n) is 7.51. The van der Waals surface area contributed by atoms with Crippen molar-refractivity contribution in [1.82, 2.24) is 4.90 Å². The number of hydrogen-bond acceptors (Lipinski definition) is 3. The maximum Gasteiger partial charge on any atom is 0.191 e. The highest BCUT2D eigenvalue weighted by atomic mass is 15.3. The van der Waals surface area contributed by atoms with Crippen molar-refractivity contribution in [2.45, 2.75) is 19.4 Å². The van der Waals surface area contributed by atoms with E-state index in [-0.39, 0.29) is 6.04 Å². The molecule has 3 rings (SSSR count). The summed E-state index contributed by atoms with van der Waals surface area (Å²) in [6.07, 6.45) is 1.08. The van der Waals surface area contributed by atoms with Crippen LogP contribution in [0, 0.1) is 0 Å². The third-order valence-corrected chi connectivity index (χ3v) is 3.96. The molecule has 1 atom stereocenters. The van der Waals surface area contributed by atoms with Crippen LogP contribution in [0.4, 0.5) is 0 Å². The molecule has 0 bridgehead atoms. The molecule has 2 aromatic rings. The zero-order valence-electron chi connectivity index (χ0n) is 12.4. The second-order valence-corrected chi connectivity index (χ2v) is 5.40. The molecule has 0 spiro atoms. The van der Waals surface area contributed by atoms with Gasteiger partial charge in [0.1, 0.15) is 0 Å². The van der Waals surface area contributed by atoms with E-state index < -0.39 is 0 Å². The Balaban J connectivity index is 1.82. The summed E-state index contributed by atoms with van der Waals surface area (Å²) in [5.41, 5.74) is 9.76. The Labute approximate surface area is 126 Å². The molecule has 1 aliphatic heterocycles. The number of benzene rings is 2. The lowest BCUT2D eigenvalue weighted by atomic mass is 10.0. The number of rotatable bonds is 4. The van der Waals surface area contributed by atoms with Crippen molar-refractivity contribution >= 4 is 5.96 Å². The highest BCUT2D eigenvalue weighted by Gasteiger charge is 2.26. The minimum Gasteiger partial charge on any atom is -0.370 e. The Morgan fingerprint density at radius 1 is 1.05 bits per heavy atom. The van der Waals surface area contributed by atoms with Crippen molar-refractivity contribution in [1.29, 1.82) is 0 Å². The van der Waals surface area contributed by atoms with Gasteiger partial charge in [0.25, 0.3) is 0 Å². The molecule has 1 unspecified atom stereocenters. The number of nitrogens with two attached hydrogens (primary N) is 1. The van der Waals surface area contributed by atoms with Crippen LogP contribution >= 0.6 is 0 Å². The van der Waals surface area contributed by atoms with Gasteiger partial charge in [-0.25, -0.2) is 0 Å². The fourth-order valence-corrected chi connectivity index (χ4v) is 2.85. The van der Waals surface area contributed by atoms with Gasteiger partial charge in [-0.1, -0.05) is 61.5 Å². The fraction of sp³-hybridized carbons (Fsp3) is 0.278. The molecule has 2 aromatic carbocycles. The van der Waals surface area contributed by atoms with E-state index in [1.165, 1.54) is 16.7 Å². The maximum atomic E-state index is 5.99. The summed E-state index contributed by atoms with van der Waals surface area (Å²) in [6, 6.07) is 19.5. The average Bonchev–Trinajstić information content (AvgIpc) is 2.90. The van der Waals surface area contributed by atoms with Crippen molar-refractivity contribution in [3.63, 3.8) is 0 Å². The van der Waals surface area contributed by atoms with Crippen LogP contribution in [0.1, 0.15) is 24.9 Å². The van der Waals surface area contributed by atoms with E-state index in [1.54, 1.807) is 0 Å². The van der Waals surface area contributed by atoms with Gasteiger partial charge < -0.3 is 10.6 Å². The van der Waals surface area contributed by atoms with E-state index >= 15 is 0 Å². The third-order valence-electron chi connectivity index (χ3n) is 3.96. The van der Waals surface area contributed by atoms with Crippen molar-refractivity contribution < 1.29 is 0 Å². The SMILES string of the molecule is CCCN1C(N)=NCC1c1ccc(-c2ccccc2)cc1. The van der Waals surface area contributed by atoms with Crippen LogP contribution in [-0.4, -0.2) is 23.9 Å². The Morgan fingerprint density at radius 3 is 2.38 bits per heavy atom. The van der Waals surface area contributed by atoms with Crippen molar-refractivity contribution in [2.75, 3.05) is 13.1 Å².